The van der Waals surface area contributed by atoms with Gasteiger partial charge in [-0.05, 0) is 19.3 Å². The van der Waals surface area contributed by atoms with E-state index in [1.165, 1.54) is 17.7 Å². The molecule has 0 bridgehead atoms. The van der Waals surface area contributed by atoms with Crippen molar-refractivity contribution >= 4 is 0 Å². The Bertz CT molecular complexity index is 561. The molecule has 0 aromatic carbocycles. The second-order valence-corrected chi connectivity index (χ2v) is 5.07. The van der Waals surface area contributed by atoms with Gasteiger partial charge >= 0.3 is 5.69 Å². The Morgan fingerprint density at radius 3 is 2.74 bits per heavy atom. The molecule has 1 saturated carbocycles. The summed E-state index contributed by atoms with van der Waals surface area (Å²) in [5.74, 6) is 0. The summed E-state index contributed by atoms with van der Waals surface area (Å²) >= 11 is 0. The molecule has 0 aliphatic heterocycles. The van der Waals surface area contributed by atoms with Gasteiger partial charge in [0, 0.05) is 45.6 Å². The second-order valence-electron chi connectivity index (χ2n) is 5.07. The third-order valence-electron chi connectivity index (χ3n) is 3.93. The fourth-order valence-electron chi connectivity index (χ4n) is 2.63. The molecular weight excluding hydrogens is 246 g/mol. The highest BCUT2D eigenvalue weighted by Crippen LogP contribution is 2.21. The number of hydrogen-bond acceptors (Lipinski definition) is 4. The lowest BCUT2D eigenvalue weighted by Gasteiger charge is -2.20. The molecule has 2 rings (SSSR count). The van der Waals surface area contributed by atoms with Gasteiger partial charge < -0.3 is 10.1 Å². The summed E-state index contributed by atoms with van der Waals surface area (Å²) in [7, 11) is 4.89. The molecule has 1 N–H and O–H groups in total. The number of rotatable bonds is 4. The summed E-state index contributed by atoms with van der Waals surface area (Å²) in [5, 5.41) is 3.38. The van der Waals surface area contributed by atoms with Gasteiger partial charge in [-0.25, -0.2) is 4.79 Å². The number of ether oxygens (including phenoxy) is 1. The summed E-state index contributed by atoms with van der Waals surface area (Å²) < 4.78 is 8.03. The number of aromatic nitrogens is 2. The Morgan fingerprint density at radius 1 is 1.32 bits per heavy atom. The summed E-state index contributed by atoms with van der Waals surface area (Å²) in [6.07, 6.45) is 3.50. The summed E-state index contributed by atoms with van der Waals surface area (Å²) in [5.41, 5.74) is 0.142. The van der Waals surface area contributed by atoms with Crippen molar-refractivity contribution in [3.05, 3.63) is 32.6 Å². The predicted octanol–water partition coefficient (Wildman–Crippen LogP) is -0.259. The van der Waals surface area contributed by atoms with Gasteiger partial charge in [0.15, 0.2) is 0 Å². The largest absolute Gasteiger partial charge is 0.380 e. The zero-order valence-electron chi connectivity index (χ0n) is 11.7. The van der Waals surface area contributed by atoms with Gasteiger partial charge in [-0.2, -0.15) is 0 Å². The van der Waals surface area contributed by atoms with Crippen LogP contribution in [0.2, 0.25) is 0 Å². The van der Waals surface area contributed by atoms with Crippen molar-refractivity contribution in [1.82, 2.24) is 14.5 Å². The highest BCUT2D eigenvalue weighted by Gasteiger charge is 2.26. The van der Waals surface area contributed by atoms with Crippen LogP contribution in [-0.4, -0.2) is 28.4 Å². The minimum Gasteiger partial charge on any atom is -0.380 e. The van der Waals surface area contributed by atoms with Crippen molar-refractivity contribution in [2.24, 2.45) is 14.1 Å². The smallest absolute Gasteiger partial charge is 0.330 e. The van der Waals surface area contributed by atoms with Crippen LogP contribution < -0.4 is 16.6 Å². The first-order valence-corrected chi connectivity index (χ1v) is 6.56. The minimum atomic E-state index is -0.293. The van der Waals surface area contributed by atoms with E-state index in [-0.39, 0.29) is 17.4 Å². The van der Waals surface area contributed by atoms with Crippen LogP contribution in [0.4, 0.5) is 0 Å². The molecule has 6 heteroatoms. The minimum absolute atomic E-state index is 0.226. The second kappa shape index (κ2) is 5.71. The summed E-state index contributed by atoms with van der Waals surface area (Å²) in [4.78, 5) is 23.4. The molecule has 106 valence electrons. The number of nitrogens with zero attached hydrogens (tertiary/aromatic N) is 2. The van der Waals surface area contributed by atoms with Crippen LogP contribution in [0, 0.1) is 0 Å². The third-order valence-corrected chi connectivity index (χ3v) is 3.93. The van der Waals surface area contributed by atoms with Crippen LogP contribution in [0.5, 0.6) is 0 Å². The van der Waals surface area contributed by atoms with Gasteiger partial charge in [0.25, 0.3) is 5.56 Å². The van der Waals surface area contributed by atoms with Gasteiger partial charge in [-0.1, -0.05) is 0 Å². The van der Waals surface area contributed by atoms with Crippen LogP contribution in [-0.2, 0) is 25.4 Å². The molecule has 19 heavy (non-hydrogen) atoms. The van der Waals surface area contributed by atoms with E-state index in [0.717, 1.165) is 23.8 Å². The lowest BCUT2D eigenvalue weighted by Crippen LogP contribution is -2.41. The van der Waals surface area contributed by atoms with E-state index in [1.54, 1.807) is 14.2 Å². The first-order valence-electron chi connectivity index (χ1n) is 6.56. The number of nitrogens with one attached hydrogen (secondary N) is 1. The molecular formula is C13H21N3O3. The van der Waals surface area contributed by atoms with Crippen molar-refractivity contribution < 1.29 is 4.74 Å². The van der Waals surface area contributed by atoms with Crippen molar-refractivity contribution in [2.75, 3.05) is 7.11 Å². The standard InChI is InChI=1S/C13H21N3O3/c1-15-9(7-12(17)16(2)13(15)18)8-14-10-5-4-6-11(10)19-3/h7,10-11,14H,4-6,8H2,1-3H3. The normalized spacial score (nSPS) is 22.9. The third kappa shape index (κ3) is 2.79. The average molecular weight is 267 g/mol. The topological polar surface area (TPSA) is 65.3 Å². The maximum absolute atomic E-state index is 11.8. The molecule has 1 aliphatic rings. The molecule has 1 aliphatic carbocycles. The van der Waals surface area contributed by atoms with Crippen LogP contribution in [0.3, 0.4) is 0 Å². The molecule has 2 unspecified atom stereocenters. The van der Waals surface area contributed by atoms with Crippen LogP contribution in [0.15, 0.2) is 15.7 Å². The summed E-state index contributed by atoms with van der Waals surface area (Å²) in [6, 6.07) is 1.80. The molecule has 1 aromatic rings. The van der Waals surface area contributed by atoms with E-state index < -0.39 is 0 Å². The van der Waals surface area contributed by atoms with Gasteiger partial charge in [-0.15, -0.1) is 0 Å². The monoisotopic (exact) mass is 267 g/mol. The molecule has 0 saturated heterocycles. The molecule has 1 fully saturated rings. The zero-order chi connectivity index (χ0) is 14.0. The average Bonchev–Trinajstić information content (AvgIpc) is 2.86. The number of methoxy groups -OCH3 is 1. The fourth-order valence-corrected chi connectivity index (χ4v) is 2.63. The van der Waals surface area contributed by atoms with E-state index in [9.17, 15) is 9.59 Å². The van der Waals surface area contributed by atoms with Crippen LogP contribution in [0.1, 0.15) is 25.0 Å². The van der Waals surface area contributed by atoms with Crippen molar-refractivity contribution in [1.29, 1.82) is 0 Å². The van der Waals surface area contributed by atoms with Crippen molar-refractivity contribution in [3.63, 3.8) is 0 Å². The first kappa shape index (κ1) is 14.0. The van der Waals surface area contributed by atoms with Crippen LogP contribution in [0.25, 0.3) is 0 Å². The Hall–Kier alpha value is -1.40. The first-order chi connectivity index (χ1) is 9.04. The Labute approximate surface area is 112 Å². The Morgan fingerprint density at radius 2 is 2.05 bits per heavy atom. The van der Waals surface area contributed by atoms with E-state index in [1.807, 2.05) is 0 Å². The highest BCUT2D eigenvalue weighted by atomic mass is 16.5. The maximum Gasteiger partial charge on any atom is 0.330 e. The van der Waals surface area contributed by atoms with Crippen molar-refractivity contribution in [3.8, 4) is 0 Å². The molecule has 6 nitrogen and oxygen atoms in total. The Kier molecular flexibility index (Phi) is 4.21. The van der Waals surface area contributed by atoms with Crippen molar-refractivity contribution in [2.45, 2.75) is 38.0 Å². The van der Waals surface area contributed by atoms with Gasteiger partial charge in [0.05, 0.1) is 6.10 Å². The maximum atomic E-state index is 11.8. The van der Waals surface area contributed by atoms with Gasteiger partial charge in [-0.3, -0.25) is 13.9 Å². The fraction of sp³-hybridized carbons (Fsp3) is 0.692. The van der Waals surface area contributed by atoms with Crippen LogP contribution >= 0.6 is 0 Å². The van der Waals surface area contributed by atoms with Gasteiger partial charge in [0.2, 0.25) is 0 Å². The van der Waals surface area contributed by atoms with E-state index in [4.69, 9.17) is 4.74 Å². The molecule has 0 amide bonds. The van der Waals surface area contributed by atoms with E-state index >= 15 is 0 Å². The highest BCUT2D eigenvalue weighted by molar-refractivity contribution is 5.02. The number of hydrogen-bond donors (Lipinski definition) is 1. The zero-order valence-corrected chi connectivity index (χ0v) is 11.7. The summed E-state index contributed by atoms with van der Waals surface area (Å²) in [6.45, 7) is 0.506. The Balaban J connectivity index is 2.12. The predicted molar refractivity (Wildman–Crippen MR) is 72.2 cm³/mol. The lowest BCUT2D eigenvalue weighted by atomic mass is 10.2. The molecule has 1 heterocycles. The molecule has 0 radical (unpaired) electrons. The lowest BCUT2D eigenvalue weighted by molar-refractivity contribution is 0.0845. The van der Waals surface area contributed by atoms with E-state index in [2.05, 4.69) is 5.32 Å². The van der Waals surface area contributed by atoms with E-state index in [0.29, 0.717) is 18.3 Å². The van der Waals surface area contributed by atoms with Gasteiger partial charge in [0.1, 0.15) is 0 Å². The molecule has 0 spiro atoms. The molecule has 1 aromatic heterocycles. The SMILES string of the molecule is COC1CCCC1NCc1cc(=O)n(C)c(=O)n1C. The quantitative estimate of drug-likeness (QED) is 0.816. The molecule has 2 atom stereocenters.